The number of likely N-dealkylation sites (N-methyl/N-ethyl adjacent to an activating group) is 1. The SMILES string of the molecule is CN1C(=O)CN=C(c2ccccc2)c2c(C3CC3)csc21.Cl. The van der Waals surface area contributed by atoms with Crippen molar-refractivity contribution in [2.75, 3.05) is 18.5 Å². The molecular weight excluding hydrogens is 316 g/mol. The fourth-order valence-corrected chi connectivity index (χ4v) is 3.96. The number of rotatable bonds is 2. The van der Waals surface area contributed by atoms with Gasteiger partial charge in [-0.2, -0.15) is 0 Å². The van der Waals surface area contributed by atoms with Crippen molar-refractivity contribution in [3.8, 4) is 0 Å². The summed E-state index contributed by atoms with van der Waals surface area (Å²) in [5.74, 6) is 0.715. The number of nitrogens with zero attached hydrogens (tertiary/aromatic N) is 2. The summed E-state index contributed by atoms with van der Waals surface area (Å²) in [6.07, 6.45) is 2.51. The zero-order chi connectivity index (χ0) is 14.4. The van der Waals surface area contributed by atoms with Crippen LogP contribution in [0.5, 0.6) is 0 Å². The van der Waals surface area contributed by atoms with Gasteiger partial charge >= 0.3 is 0 Å². The highest BCUT2D eigenvalue weighted by molar-refractivity contribution is 7.15. The minimum absolute atomic E-state index is 0. The van der Waals surface area contributed by atoms with Crippen molar-refractivity contribution >= 4 is 40.4 Å². The Hall–Kier alpha value is -1.65. The minimum atomic E-state index is 0. The number of carbonyl (C=O) groups is 1. The lowest BCUT2D eigenvalue weighted by molar-refractivity contribution is -0.116. The van der Waals surface area contributed by atoms with Gasteiger partial charge in [0.2, 0.25) is 5.91 Å². The lowest BCUT2D eigenvalue weighted by Gasteiger charge is -2.14. The van der Waals surface area contributed by atoms with Gasteiger partial charge in [-0.25, -0.2) is 0 Å². The average Bonchev–Trinajstić information content (AvgIpc) is 3.29. The van der Waals surface area contributed by atoms with Crippen LogP contribution in [0.25, 0.3) is 0 Å². The van der Waals surface area contributed by atoms with Crippen LogP contribution in [0.1, 0.15) is 35.4 Å². The lowest BCUT2D eigenvalue weighted by Crippen LogP contribution is -2.26. The fourth-order valence-electron chi connectivity index (χ4n) is 2.82. The predicted molar refractivity (Wildman–Crippen MR) is 93.9 cm³/mol. The van der Waals surface area contributed by atoms with Gasteiger partial charge in [0.15, 0.2) is 0 Å². The molecular formula is C17H17ClN2OS. The summed E-state index contributed by atoms with van der Waals surface area (Å²) in [6.45, 7) is 0.228. The molecule has 2 heterocycles. The first-order valence-electron chi connectivity index (χ1n) is 7.24. The molecule has 1 aliphatic carbocycles. The lowest BCUT2D eigenvalue weighted by atomic mass is 9.98. The minimum Gasteiger partial charge on any atom is -0.305 e. The standard InChI is InChI=1S/C17H16N2OS.ClH/c1-19-14(20)9-18-16(12-5-3-2-4-6-12)15-13(11-7-8-11)10-21-17(15)19;/h2-6,10-11H,7-9H2,1H3;1H. The number of thiophene rings is 1. The number of halogens is 1. The Morgan fingerprint density at radius 3 is 2.64 bits per heavy atom. The normalized spacial score (nSPS) is 17.4. The van der Waals surface area contributed by atoms with E-state index in [1.807, 2.05) is 25.2 Å². The number of benzene rings is 1. The highest BCUT2D eigenvalue weighted by Crippen LogP contribution is 2.47. The second-order valence-corrected chi connectivity index (χ2v) is 6.49. The maximum Gasteiger partial charge on any atom is 0.249 e. The van der Waals surface area contributed by atoms with Crippen LogP contribution < -0.4 is 4.90 Å². The molecule has 0 radical (unpaired) electrons. The summed E-state index contributed by atoms with van der Waals surface area (Å²) in [4.78, 5) is 18.6. The molecule has 1 amide bonds. The van der Waals surface area contributed by atoms with E-state index in [1.54, 1.807) is 16.2 Å². The highest BCUT2D eigenvalue weighted by atomic mass is 35.5. The third kappa shape index (κ3) is 2.46. The van der Waals surface area contributed by atoms with Crippen molar-refractivity contribution in [3.05, 3.63) is 52.4 Å². The molecule has 0 spiro atoms. The molecule has 0 unspecified atom stereocenters. The predicted octanol–water partition coefficient (Wildman–Crippen LogP) is 3.86. The van der Waals surface area contributed by atoms with Gasteiger partial charge in [-0.3, -0.25) is 9.79 Å². The van der Waals surface area contributed by atoms with E-state index in [-0.39, 0.29) is 24.9 Å². The first-order chi connectivity index (χ1) is 10.3. The Morgan fingerprint density at radius 2 is 1.95 bits per heavy atom. The molecule has 0 saturated heterocycles. The summed E-state index contributed by atoms with van der Waals surface area (Å²) in [6, 6.07) is 10.2. The van der Waals surface area contributed by atoms with Crippen LogP contribution in [0, 0.1) is 0 Å². The van der Waals surface area contributed by atoms with Crippen molar-refractivity contribution in [2.24, 2.45) is 4.99 Å². The number of carbonyl (C=O) groups excluding carboxylic acids is 1. The topological polar surface area (TPSA) is 32.7 Å². The third-order valence-electron chi connectivity index (χ3n) is 4.15. The molecule has 2 aliphatic rings. The Bertz CT molecular complexity index is 734. The van der Waals surface area contributed by atoms with Crippen LogP contribution in [-0.4, -0.2) is 25.2 Å². The van der Waals surface area contributed by atoms with Gasteiger partial charge in [0.05, 0.1) is 5.71 Å². The van der Waals surface area contributed by atoms with Gasteiger partial charge in [-0.15, -0.1) is 23.7 Å². The second-order valence-electron chi connectivity index (χ2n) is 5.63. The molecule has 4 rings (SSSR count). The molecule has 1 saturated carbocycles. The molecule has 114 valence electrons. The molecule has 1 aliphatic heterocycles. The number of aliphatic imine (C=N–C) groups is 1. The van der Waals surface area contributed by atoms with E-state index in [9.17, 15) is 4.79 Å². The van der Waals surface area contributed by atoms with Crippen LogP contribution in [0.15, 0.2) is 40.7 Å². The van der Waals surface area contributed by atoms with Gasteiger partial charge in [-0.1, -0.05) is 30.3 Å². The highest BCUT2D eigenvalue weighted by Gasteiger charge is 2.33. The molecule has 1 aromatic heterocycles. The Morgan fingerprint density at radius 1 is 1.23 bits per heavy atom. The summed E-state index contributed by atoms with van der Waals surface area (Å²) >= 11 is 1.67. The van der Waals surface area contributed by atoms with Gasteiger partial charge in [0, 0.05) is 18.2 Å². The average molecular weight is 333 g/mol. The quantitative estimate of drug-likeness (QED) is 0.822. The van der Waals surface area contributed by atoms with E-state index < -0.39 is 0 Å². The van der Waals surface area contributed by atoms with Crippen LogP contribution in [0.2, 0.25) is 0 Å². The Kier molecular flexibility index (Phi) is 4.06. The number of hydrogen-bond donors (Lipinski definition) is 0. The van der Waals surface area contributed by atoms with Crippen molar-refractivity contribution in [2.45, 2.75) is 18.8 Å². The first kappa shape index (κ1) is 15.3. The molecule has 1 fully saturated rings. The van der Waals surface area contributed by atoms with Crippen LogP contribution in [-0.2, 0) is 4.79 Å². The molecule has 5 heteroatoms. The molecule has 3 nitrogen and oxygen atoms in total. The monoisotopic (exact) mass is 332 g/mol. The fraction of sp³-hybridized carbons (Fsp3) is 0.294. The smallest absolute Gasteiger partial charge is 0.249 e. The summed E-state index contributed by atoms with van der Waals surface area (Å²) in [5, 5.41) is 3.26. The van der Waals surface area contributed by atoms with Gasteiger partial charge in [0.1, 0.15) is 11.5 Å². The van der Waals surface area contributed by atoms with Crippen molar-refractivity contribution in [1.29, 1.82) is 0 Å². The van der Waals surface area contributed by atoms with E-state index in [1.165, 1.54) is 24.0 Å². The Balaban J connectivity index is 0.00000144. The van der Waals surface area contributed by atoms with Crippen molar-refractivity contribution in [3.63, 3.8) is 0 Å². The van der Waals surface area contributed by atoms with Crippen molar-refractivity contribution in [1.82, 2.24) is 0 Å². The third-order valence-corrected chi connectivity index (χ3v) is 5.23. The second kappa shape index (κ2) is 5.86. The molecule has 0 bridgehead atoms. The largest absolute Gasteiger partial charge is 0.305 e. The summed E-state index contributed by atoms with van der Waals surface area (Å²) in [5.41, 5.74) is 4.63. The number of fused-ring (bicyclic) bond motifs is 1. The van der Waals surface area contributed by atoms with Gasteiger partial charge in [-0.05, 0) is 29.7 Å². The van der Waals surface area contributed by atoms with E-state index >= 15 is 0 Å². The van der Waals surface area contributed by atoms with Gasteiger partial charge in [0.25, 0.3) is 0 Å². The van der Waals surface area contributed by atoms with E-state index in [2.05, 4.69) is 22.5 Å². The molecule has 2 aromatic rings. The van der Waals surface area contributed by atoms with Gasteiger partial charge < -0.3 is 4.90 Å². The number of amides is 1. The van der Waals surface area contributed by atoms with Crippen LogP contribution >= 0.6 is 23.7 Å². The molecule has 0 N–H and O–H groups in total. The number of anilines is 1. The molecule has 22 heavy (non-hydrogen) atoms. The molecule has 0 atom stereocenters. The van der Waals surface area contributed by atoms with E-state index in [0.717, 1.165) is 16.3 Å². The maximum absolute atomic E-state index is 12.2. The zero-order valence-corrected chi connectivity index (χ0v) is 13.9. The van der Waals surface area contributed by atoms with E-state index in [0.29, 0.717) is 5.92 Å². The Labute approximate surface area is 140 Å². The summed E-state index contributed by atoms with van der Waals surface area (Å²) < 4.78 is 0. The van der Waals surface area contributed by atoms with Crippen LogP contribution in [0.3, 0.4) is 0 Å². The first-order valence-corrected chi connectivity index (χ1v) is 8.12. The maximum atomic E-state index is 12.2. The van der Waals surface area contributed by atoms with E-state index in [4.69, 9.17) is 0 Å². The van der Waals surface area contributed by atoms with Crippen LogP contribution in [0.4, 0.5) is 5.00 Å². The summed E-state index contributed by atoms with van der Waals surface area (Å²) in [7, 11) is 1.86. The van der Waals surface area contributed by atoms with Crippen molar-refractivity contribution < 1.29 is 4.79 Å². The zero-order valence-electron chi connectivity index (χ0n) is 12.3. The molecule has 1 aromatic carbocycles. The number of hydrogen-bond acceptors (Lipinski definition) is 3.